The van der Waals surface area contributed by atoms with Crippen LogP contribution in [0, 0.1) is 5.92 Å². The van der Waals surface area contributed by atoms with Gasteiger partial charge in [-0.05, 0) is 18.8 Å². The van der Waals surface area contributed by atoms with E-state index in [0.29, 0.717) is 18.9 Å². The highest BCUT2D eigenvalue weighted by atomic mass is 79.9. The minimum Gasteiger partial charge on any atom is -0.466 e. The third-order valence-electron chi connectivity index (χ3n) is 1.59. The molecule has 72 valence electrons. The van der Waals surface area contributed by atoms with Crippen LogP contribution in [0.15, 0.2) is 0 Å². The number of esters is 1. The Morgan fingerprint density at radius 1 is 1.58 bits per heavy atom. The fourth-order valence-corrected chi connectivity index (χ4v) is 1.05. The van der Waals surface area contributed by atoms with Crippen LogP contribution in [-0.2, 0) is 9.53 Å². The number of rotatable bonds is 6. The summed E-state index contributed by atoms with van der Waals surface area (Å²) in [6, 6.07) is 0. The van der Waals surface area contributed by atoms with E-state index in [4.69, 9.17) is 4.74 Å². The molecule has 0 amide bonds. The Hall–Kier alpha value is -0.0500. The van der Waals surface area contributed by atoms with Crippen molar-refractivity contribution < 1.29 is 9.53 Å². The number of hydrogen-bond acceptors (Lipinski definition) is 2. The number of alkyl halides is 1. The number of hydrogen-bond donors (Lipinski definition) is 0. The number of ether oxygens (including phenoxy) is 1. The smallest absolute Gasteiger partial charge is 0.305 e. The second-order valence-corrected chi connectivity index (χ2v) is 3.67. The first kappa shape index (κ1) is 11.9. The van der Waals surface area contributed by atoms with Gasteiger partial charge in [-0.15, -0.1) is 0 Å². The first-order valence-corrected chi connectivity index (χ1v) is 5.54. The van der Waals surface area contributed by atoms with E-state index >= 15 is 0 Å². The molecule has 0 bridgehead atoms. The topological polar surface area (TPSA) is 26.3 Å². The maximum absolute atomic E-state index is 10.9. The number of carbonyl (C=O) groups is 1. The molecule has 2 nitrogen and oxygen atoms in total. The molecule has 0 unspecified atom stereocenters. The van der Waals surface area contributed by atoms with Crippen molar-refractivity contribution in [1.82, 2.24) is 0 Å². The maximum atomic E-state index is 10.9. The molecule has 0 fully saturated rings. The van der Waals surface area contributed by atoms with Crippen LogP contribution in [-0.4, -0.2) is 17.9 Å². The Morgan fingerprint density at radius 3 is 2.75 bits per heavy atom. The molecule has 0 rings (SSSR count). The van der Waals surface area contributed by atoms with E-state index < -0.39 is 0 Å². The molecule has 0 saturated heterocycles. The molecule has 0 aliphatic heterocycles. The number of halogens is 1. The van der Waals surface area contributed by atoms with Gasteiger partial charge in [0.15, 0.2) is 0 Å². The van der Waals surface area contributed by atoms with Crippen LogP contribution in [0.1, 0.15) is 33.1 Å². The zero-order chi connectivity index (χ0) is 9.40. The Labute approximate surface area is 82.8 Å². The number of carbonyl (C=O) groups excluding carboxylic acids is 1. The zero-order valence-corrected chi connectivity index (χ0v) is 9.39. The molecule has 0 heterocycles. The Kier molecular flexibility index (Phi) is 7.56. The Morgan fingerprint density at radius 2 is 2.25 bits per heavy atom. The highest BCUT2D eigenvalue weighted by Gasteiger charge is 2.03. The van der Waals surface area contributed by atoms with Crippen LogP contribution < -0.4 is 0 Å². The summed E-state index contributed by atoms with van der Waals surface area (Å²) in [5, 5.41) is 0.971. The fraction of sp³-hybridized carbons (Fsp3) is 0.889. The third-order valence-corrected chi connectivity index (χ3v) is 2.70. The normalized spacial score (nSPS) is 12.6. The van der Waals surface area contributed by atoms with E-state index in [1.807, 2.05) is 6.92 Å². The van der Waals surface area contributed by atoms with Gasteiger partial charge in [0.05, 0.1) is 6.61 Å². The lowest BCUT2D eigenvalue weighted by molar-refractivity contribution is -0.143. The molecule has 3 heteroatoms. The molecule has 0 aromatic rings. The van der Waals surface area contributed by atoms with Crippen LogP contribution in [0.2, 0.25) is 0 Å². The quantitative estimate of drug-likeness (QED) is 0.524. The highest BCUT2D eigenvalue weighted by Crippen LogP contribution is 2.05. The van der Waals surface area contributed by atoms with Gasteiger partial charge in [0, 0.05) is 11.8 Å². The van der Waals surface area contributed by atoms with Gasteiger partial charge in [0.2, 0.25) is 0 Å². The van der Waals surface area contributed by atoms with Crippen LogP contribution >= 0.6 is 15.9 Å². The first-order chi connectivity index (χ1) is 5.70. The highest BCUT2D eigenvalue weighted by molar-refractivity contribution is 9.09. The van der Waals surface area contributed by atoms with Crippen molar-refractivity contribution in [3.05, 3.63) is 0 Å². The van der Waals surface area contributed by atoms with Crippen molar-refractivity contribution >= 4 is 21.9 Å². The zero-order valence-electron chi connectivity index (χ0n) is 7.81. The Bertz CT molecular complexity index is 126. The van der Waals surface area contributed by atoms with Crippen molar-refractivity contribution in [3.8, 4) is 0 Å². The molecule has 12 heavy (non-hydrogen) atoms. The van der Waals surface area contributed by atoms with Crippen molar-refractivity contribution in [2.45, 2.75) is 33.1 Å². The second-order valence-electron chi connectivity index (χ2n) is 3.02. The lowest BCUT2D eigenvalue weighted by atomic mass is 10.1. The Balaban J connectivity index is 3.24. The average molecular weight is 237 g/mol. The molecular weight excluding hydrogens is 220 g/mol. The van der Waals surface area contributed by atoms with Gasteiger partial charge in [0.25, 0.3) is 0 Å². The van der Waals surface area contributed by atoms with Gasteiger partial charge in [0.1, 0.15) is 0 Å². The summed E-state index contributed by atoms with van der Waals surface area (Å²) in [7, 11) is 0. The largest absolute Gasteiger partial charge is 0.466 e. The minimum atomic E-state index is -0.0701. The predicted molar refractivity (Wildman–Crippen MR) is 53.4 cm³/mol. The summed E-state index contributed by atoms with van der Waals surface area (Å²) in [5.41, 5.74) is 0. The lowest BCUT2D eigenvalue weighted by Gasteiger charge is -2.07. The van der Waals surface area contributed by atoms with E-state index in [-0.39, 0.29) is 5.97 Å². The summed E-state index contributed by atoms with van der Waals surface area (Å²) >= 11 is 3.37. The van der Waals surface area contributed by atoms with Gasteiger partial charge in [-0.1, -0.05) is 29.8 Å². The fourth-order valence-electron chi connectivity index (χ4n) is 0.727. The molecule has 0 saturated carbocycles. The van der Waals surface area contributed by atoms with Crippen molar-refractivity contribution in [1.29, 1.82) is 0 Å². The molecule has 0 aliphatic rings. The van der Waals surface area contributed by atoms with E-state index in [1.165, 1.54) is 0 Å². The molecule has 0 radical (unpaired) electrons. The van der Waals surface area contributed by atoms with Crippen LogP contribution in [0.25, 0.3) is 0 Å². The molecule has 0 aliphatic carbocycles. The minimum absolute atomic E-state index is 0.0701. The molecule has 0 aromatic carbocycles. The summed E-state index contributed by atoms with van der Waals surface area (Å²) in [4.78, 5) is 10.9. The van der Waals surface area contributed by atoms with Crippen molar-refractivity contribution in [3.63, 3.8) is 0 Å². The van der Waals surface area contributed by atoms with Gasteiger partial charge >= 0.3 is 5.97 Å². The summed E-state index contributed by atoms with van der Waals surface area (Å²) in [6.45, 7) is 4.66. The molecule has 1 atom stereocenters. The van der Waals surface area contributed by atoms with Crippen LogP contribution in [0.5, 0.6) is 0 Å². The third kappa shape index (κ3) is 6.65. The second kappa shape index (κ2) is 7.59. The van der Waals surface area contributed by atoms with E-state index in [2.05, 4.69) is 22.9 Å². The molecule has 0 aromatic heterocycles. The van der Waals surface area contributed by atoms with E-state index in [9.17, 15) is 4.79 Å². The predicted octanol–water partition coefficient (Wildman–Crippen LogP) is 2.75. The molecule has 0 spiro atoms. The molecular formula is C9H17BrO2. The molecule has 0 N–H and O–H groups in total. The summed E-state index contributed by atoms with van der Waals surface area (Å²) in [6.07, 6.45) is 2.36. The summed E-state index contributed by atoms with van der Waals surface area (Å²) in [5.74, 6) is 0.513. The van der Waals surface area contributed by atoms with Crippen molar-refractivity contribution in [2.24, 2.45) is 5.92 Å². The van der Waals surface area contributed by atoms with Gasteiger partial charge < -0.3 is 4.74 Å². The van der Waals surface area contributed by atoms with Crippen LogP contribution in [0.3, 0.4) is 0 Å². The summed E-state index contributed by atoms with van der Waals surface area (Å²) < 4.78 is 5.00. The maximum Gasteiger partial charge on any atom is 0.305 e. The standard InChI is InChI=1S/C9H17BrO2/c1-3-4-9(11)12-6-5-8(2)7-10/h8H,3-7H2,1-2H3/t8-/m0/s1. The lowest BCUT2D eigenvalue weighted by Crippen LogP contribution is -2.08. The average Bonchev–Trinajstić information content (AvgIpc) is 2.04. The van der Waals surface area contributed by atoms with E-state index in [1.54, 1.807) is 0 Å². The van der Waals surface area contributed by atoms with E-state index in [0.717, 1.165) is 18.2 Å². The van der Waals surface area contributed by atoms with Gasteiger partial charge in [-0.25, -0.2) is 0 Å². The first-order valence-electron chi connectivity index (χ1n) is 4.42. The van der Waals surface area contributed by atoms with Crippen molar-refractivity contribution in [2.75, 3.05) is 11.9 Å². The van der Waals surface area contributed by atoms with Crippen LogP contribution in [0.4, 0.5) is 0 Å². The van der Waals surface area contributed by atoms with Gasteiger partial charge in [-0.2, -0.15) is 0 Å². The SMILES string of the molecule is CCCC(=O)OCC[C@H](C)CBr. The van der Waals surface area contributed by atoms with Gasteiger partial charge in [-0.3, -0.25) is 4.79 Å². The monoisotopic (exact) mass is 236 g/mol.